The van der Waals surface area contributed by atoms with Crippen LogP contribution in [0.25, 0.3) is 0 Å². The summed E-state index contributed by atoms with van der Waals surface area (Å²) in [4.78, 5) is 38.2. The Labute approximate surface area is 316 Å². The quantitative estimate of drug-likeness (QED) is 0.152. The normalized spacial score (nSPS) is 21.7. The van der Waals surface area contributed by atoms with Gasteiger partial charge in [-0.1, -0.05) is 12.1 Å². The minimum absolute atomic E-state index is 0.00369. The number of carbonyl (C=O) groups excluding carboxylic acids is 2. The molecular formula is C40H42F3N6O6+. The summed E-state index contributed by atoms with van der Waals surface area (Å²) >= 11 is 0. The third-order valence-electron chi connectivity index (χ3n) is 10.4. The molecule has 0 aromatic heterocycles. The Morgan fingerprint density at radius 3 is 2.62 bits per heavy atom. The van der Waals surface area contributed by atoms with Gasteiger partial charge < -0.3 is 29.2 Å². The number of nitrogens with zero attached hydrogens (tertiary/aromatic N) is 4. The lowest BCUT2D eigenvalue weighted by Crippen LogP contribution is -2.56. The molecule has 2 fully saturated rings. The number of allylic oxidation sites excluding steroid dienone is 1. The number of amidine groups is 1. The lowest BCUT2D eigenvalue weighted by Gasteiger charge is -2.36. The van der Waals surface area contributed by atoms with Gasteiger partial charge in [0.05, 0.1) is 45.3 Å². The summed E-state index contributed by atoms with van der Waals surface area (Å²) in [7, 11) is 4.72. The molecule has 0 spiro atoms. The van der Waals surface area contributed by atoms with E-state index in [1.807, 2.05) is 29.3 Å². The van der Waals surface area contributed by atoms with Gasteiger partial charge in [0.2, 0.25) is 11.6 Å². The van der Waals surface area contributed by atoms with E-state index in [9.17, 15) is 22.8 Å². The van der Waals surface area contributed by atoms with Gasteiger partial charge in [-0.15, -0.1) is 10.0 Å². The molecule has 12 nitrogen and oxygen atoms in total. The van der Waals surface area contributed by atoms with E-state index in [0.717, 1.165) is 48.4 Å². The SMILES string of the molecule is COCCOc1cc(C(=O)Nc2cccc(C(F)(F)F)c2)ccc1C1=NC([C@@H]2CC[C@H]3CCC(=O)N3C2)=C2C=NC=C[N+]12NCc1ccc(OC)cc1OC. The molecule has 0 radical (unpaired) electrons. The first-order valence-electron chi connectivity index (χ1n) is 18.0. The highest BCUT2D eigenvalue weighted by Crippen LogP contribution is 2.43. The maximum absolute atomic E-state index is 13.5. The van der Waals surface area contributed by atoms with Crippen molar-refractivity contribution in [3.05, 3.63) is 107 Å². The number of quaternary nitrogens is 1. The molecule has 55 heavy (non-hydrogen) atoms. The maximum Gasteiger partial charge on any atom is 0.416 e. The highest BCUT2D eigenvalue weighted by Gasteiger charge is 2.51. The van der Waals surface area contributed by atoms with Crippen molar-refractivity contribution in [3.63, 3.8) is 0 Å². The summed E-state index contributed by atoms with van der Waals surface area (Å²) in [5.74, 6) is 1.56. The number of rotatable bonds is 13. The number of hydrogen-bond donors (Lipinski definition) is 2. The van der Waals surface area contributed by atoms with Crippen LogP contribution in [0.2, 0.25) is 0 Å². The molecule has 2 saturated heterocycles. The van der Waals surface area contributed by atoms with Crippen LogP contribution in [0, 0.1) is 5.92 Å². The number of alkyl halides is 3. The highest BCUT2D eigenvalue weighted by atomic mass is 19.4. The topological polar surface area (TPSA) is 123 Å². The smallest absolute Gasteiger partial charge is 0.416 e. The van der Waals surface area contributed by atoms with Gasteiger partial charge in [0.15, 0.2) is 0 Å². The van der Waals surface area contributed by atoms with E-state index in [1.165, 1.54) is 12.1 Å². The maximum atomic E-state index is 13.5. The number of ether oxygens (including phenoxy) is 4. The summed E-state index contributed by atoms with van der Waals surface area (Å²) in [6, 6.07) is 15.1. The number of aliphatic imine (C=N–C) groups is 2. The number of halogens is 3. The van der Waals surface area contributed by atoms with Gasteiger partial charge in [-0.05, 0) is 61.7 Å². The van der Waals surface area contributed by atoms with Crippen molar-refractivity contribution in [3.8, 4) is 17.2 Å². The van der Waals surface area contributed by atoms with Crippen molar-refractivity contribution in [1.29, 1.82) is 0 Å². The van der Waals surface area contributed by atoms with Crippen LogP contribution in [0.15, 0.2) is 94.4 Å². The molecule has 1 unspecified atom stereocenters. The lowest BCUT2D eigenvalue weighted by atomic mass is 9.90. The van der Waals surface area contributed by atoms with E-state index in [0.29, 0.717) is 48.2 Å². The number of piperidine rings is 1. The Hall–Kier alpha value is -5.51. The average molecular weight is 760 g/mol. The summed E-state index contributed by atoms with van der Waals surface area (Å²) in [5, 5.41) is 2.58. The Balaban J connectivity index is 1.29. The predicted octanol–water partition coefficient (Wildman–Crippen LogP) is 6.45. The molecular weight excluding hydrogens is 717 g/mol. The van der Waals surface area contributed by atoms with Gasteiger partial charge in [0, 0.05) is 54.9 Å². The monoisotopic (exact) mass is 759 g/mol. The molecule has 3 aromatic rings. The zero-order valence-corrected chi connectivity index (χ0v) is 30.7. The van der Waals surface area contributed by atoms with Crippen LogP contribution in [0.1, 0.15) is 52.7 Å². The van der Waals surface area contributed by atoms with Crippen molar-refractivity contribution in [2.45, 2.75) is 44.4 Å². The van der Waals surface area contributed by atoms with Gasteiger partial charge in [-0.3, -0.25) is 14.6 Å². The molecule has 7 rings (SSSR count). The standard InChI is InChI=1S/C40H41F3N6O6/c1-52-17-18-55-35-19-25(39(51)46-29-6-4-5-28(20-29)40(41,42)43)9-13-32(35)38-47-37(27-7-10-30-11-14-36(50)48(30)24-27)33-23-44-15-16-49(33,38)45-22-26-8-12-31(53-2)21-34(26)54-3/h4-6,8-9,12-13,15-16,19-21,23,27,30,45H,7,10-11,14,17-18,22,24H2,1-3H3/p+1/t27-,30+,49?/m1/s1. The van der Waals surface area contributed by atoms with Crippen LogP contribution in [0.5, 0.6) is 17.2 Å². The van der Waals surface area contributed by atoms with Crippen LogP contribution < -0.4 is 25.0 Å². The van der Waals surface area contributed by atoms with E-state index >= 15 is 0 Å². The molecule has 15 heteroatoms. The van der Waals surface area contributed by atoms with Gasteiger partial charge in [-0.2, -0.15) is 18.2 Å². The highest BCUT2D eigenvalue weighted by molar-refractivity contribution is 6.07. The molecule has 4 aliphatic heterocycles. The summed E-state index contributed by atoms with van der Waals surface area (Å²) in [6.45, 7) is 1.23. The van der Waals surface area contributed by atoms with Crippen molar-refractivity contribution >= 4 is 29.6 Å². The zero-order valence-electron chi connectivity index (χ0n) is 30.7. The number of benzene rings is 3. The van der Waals surface area contributed by atoms with Crippen LogP contribution in [-0.2, 0) is 22.3 Å². The Morgan fingerprint density at radius 2 is 1.84 bits per heavy atom. The lowest BCUT2D eigenvalue weighted by molar-refractivity contribution is -0.791. The van der Waals surface area contributed by atoms with Crippen molar-refractivity contribution in [1.82, 2.24) is 10.3 Å². The minimum atomic E-state index is -4.57. The Morgan fingerprint density at radius 1 is 0.982 bits per heavy atom. The predicted molar refractivity (Wildman–Crippen MR) is 199 cm³/mol. The van der Waals surface area contributed by atoms with E-state index < -0.39 is 17.6 Å². The molecule has 288 valence electrons. The van der Waals surface area contributed by atoms with Crippen LogP contribution in [-0.4, -0.2) is 80.5 Å². The number of nitrogens with one attached hydrogen (secondary N) is 2. The zero-order chi connectivity index (χ0) is 38.7. The van der Waals surface area contributed by atoms with Crippen molar-refractivity contribution in [2.24, 2.45) is 15.9 Å². The molecule has 0 saturated carbocycles. The van der Waals surface area contributed by atoms with E-state index in [1.54, 1.807) is 51.9 Å². The molecule has 0 aliphatic carbocycles. The molecule has 4 aliphatic rings. The van der Waals surface area contributed by atoms with Gasteiger partial charge in [0.1, 0.15) is 41.3 Å². The van der Waals surface area contributed by atoms with Gasteiger partial charge in [-0.25, -0.2) is 0 Å². The second-order valence-electron chi connectivity index (χ2n) is 13.6. The van der Waals surface area contributed by atoms with Crippen LogP contribution in [0.4, 0.5) is 18.9 Å². The average Bonchev–Trinajstić information content (AvgIpc) is 3.74. The molecule has 4 heterocycles. The van der Waals surface area contributed by atoms with E-state index in [2.05, 4.69) is 15.7 Å². The number of carbonyl (C=O) groups is 2. The number of methoxy groups -OCH3 is 3. The second-order valence-corrected chi connectivity index (χ2v) is 13.6. The van der Waals surface area contributed by atoms with E-state index in [-0.39, 0.29) is 46.9 Å². The molecule has 2 amide bonds. The summed E-state index contributed by atoms with van der Waals surface area (Å²) in [6.07, 6.45) is 3.88. The minimum Gasteiger partial charge on any atom is -0.497 e. The largest absolute Gasteiger partial charge is 0.497 e. The number of anilines is 1. The van der Waals surface area contributed by atoms with Crippen molar-refractivity contribution in [2.75, 3.05) is 46.4 Å². The first-order chi connectivity index (χ1) is 26.5. The van der Waals surface area contributed by atoms with Crippen molar-refractivity contribution < 1.29 is 46.3 Å². The Kier molecular flexibility index (Phi) is 10.8. The second kappa shape index (κ2) is 15.7. The van der Waals surface area contributed by atoms with Gasteiger partial charge in [0.25, 0.3) is 11.7 Å². The first kappa shape index (κ1) is 37.8. The Bertz CT molecular complexity index is 2100. The number of fused-ring (bicyclic) bond motifs is 2. The van der Waals surface area contributed by atoms with Gasteiger partial charge >= 0.3 is 6.18 Å². The summed E-state index contributed by atoms with van der Waals surface area (Å²) in [5.41, 5.74) is 5.93. The summed E-state index contributed by atoms with van der Waals surface area (Å²) < 4.78 is 62.8. The number of amides is 2. The first-order valence-corrected chi connectivity index (χ1v) is 18.0. The third-order valence-corrected chi connectivity index (χ3v) is 10.4. The van der Waals surface area contributed by atoms with E-state index in [4.69, 9.17) is 23.9 Å². The fourth-order valence-corrected chi connectivity index (χ4v) is 7.55. The molecule has 3 atom stereocenters. The molecule has 0 bridgehead atoms. The number of hydrogen-bond acceptors (Lipinski definition) is 9. The van der Waals surface area contributed by atoms with Crippen LogP contribution in [0.3, 0.4) is 0 Å². The molecule has 3 aromatic carbocycles. The van der Waals surface area contributed by atoms with Crippen LogP contribution >= 0.6 is 0 Å². The fraction of sp³-hybridized carbons (Fsp3) is 0.350. The molecule has 2 N–H and O–H groups in total. The fourth-order valence-electron chi connectivity index (χ4n) is 7.55. The third kappa shape index (κ3) is 7.59.